The van der Waals surface area contributed by atoms with Crippen LogP contribution >= 0.6 is 55.0 Å². The molecule has 3 atom stereocenters. The van der Waals surface area contributed by atoms with Crippen LogP contribution in [0.5, 0.6) is 0 Å². The molecule has 35 heavy (non-hydrogen) atoms. The summed E-state index contributed by atoms with van der Waals surface area (Å²) in [4.78, 5) is 54.2. The van der Waals surface area contributed by atoms with Crippen molar-refractivity contribution in [3.8, 4) is 0 Å². The van der Waals surface area contributed by atoms with Gasteiger partial charge in [0.25, 0.3) is 0 Å². The molecule has 5 rings (SSSR count). The number of thioether (sulfide) groups is 1. The Morgan fingerprint density at radius 1 is 1.03 bits per heavy atom. The number of amides is 2. The van der Waals surface area contributed by atoms with Crippen LogP contribution in [-0.4, -0.2) is 34.2 Å². The van der Waals surface area contributed by atoms with Crippen LogP contribution in [0, 0.1) is 5.92 Å². The summed E-state index contributed by atoms with van der Waals surface area (Å²) in [5.74, 6) is -2.36. The minimum absolute atomic E-state index is 0.202. The fraction of sp³-hybridized carbons (Fsp3) is 0.250. The van der Waals surface area contributed by atoms with E-state index in [1.54, 1.807) is 31.2 Å². The first-order chi connectivity index (χ1) is 16.8. The lowest BCUT2D eigenvalue weighted by Gasteiger charge is -2.30. The Bertz CT molecular complexity index is 1400. The third kappa shape index (κ3) is 4.32. The number of aromatic nitrogens is 1. The molecule has 2 aromatic carbocycles. The molecule has 1 saturated heterocycles. The highest BCUT2D eigenvalue weighted by molar-refractivity contribution is 9.10. The third-order valence-corrected chi connectivity index (χ3v) is 9.56. The van der Waals surface area contributed by atoms with Crippen LogP contribution in [0.3, 0.4) is 0 Å². The summed E-state index contributed by atoms with van der Waals surface area (Å²) < 4.78 is 8.08. The molecule has 7 nitrogen and oxygen atoms in total. The monoisotopic (exact) mass is 636 g/mol. The summed E-state index contributed by atoms with van der Waals surface area (Å²) in [6.07, 6.45) is 0. The summed E-state index contributed by atoms with van der Waals surface area (Å²) in [6, 6.07) is 14.6. The average Bonchev–Trinajstić information content (AvgIpc) is 3.26. The number of anilines is 1. The second-order valence-electron chi connectivity index (χ2n) is 8.01. The molecule has 2 aliphatic rings. The van der Waals surface area contributed by atoms with Gasteiger partial charge >= 0.3 is 10.8 Å². The molecule has 11 heteroatoms. The van der Waals surface area contributed by atoms with Crippen LogP contribution in [0.2, 0.25) is 0 Å². The topological polar surface area (TPSA) is 85.7 Å². The largest absolute Gasteiger partial charge is 0.465 e. The van der Waals surface area contributed by atoms with Crippen molar-refractivity contribution in [2.24, 2.45) is 5.92 Å². The van der Waals surface area contributed by atoms with E-state index in [9.17, 15) is 19.2 Å². The SMILES string of the molecule is CCOC(=O)Cn1c2c(sc1=O)[C@H](c1cccc(Br)c1)C1C(=O)N(c3ccc(Br)cc3)C(=O)C1S2. The Morgan fingerprint density at radius 2 is 1.77 bits per heavy atom. The van der Waals surface area contributed by atoms with Gasteiger partial charge in [-0.15, -0.1) is 0 Å². The zero-order valence-electron chi connectivity index (χ0n) is 18.3. The first kappa shape index (κ1) is 24.5. The Hall–Kier alpha value is -2.21. The summed E-state index contributed by atoms with van der Waals surface area (Å²) in [5, 5.41) is -0.192. The van der Waals surface area contributed by atoms with E-state index in [1.165, 1.54) is 21.2 Å². The van der Waals surface area contributed by atoms with Crippen molar-refractivity contribution in [3.63, 3.8) is 0 Å². The zero-order valence-corrected chi connectivity index (χ0v) is 23.1. The number of halogens is 2. The molecule has 0 N–H and O–H groups in total. The van der Waals surface area contributed by atoms with Gasteiger partial charge in [0.2, 0.25) is 11.8 Å². The van der Waals surface area contributed by atoms with E-state index < -0.39 is 23.1 Å². The average molecular weight is 638 g/mol. The van der Waals surface area contributed by atoms with Crippen LogP contribution in [0.4, 0.5) is 5.69 Å². The van der Waals surface area contributed by atoms with Crippen LogP contribution in [-0.2, 0) is 25.7 Å². The molecule has 0 saturated carbocycles. The summed E-state index contributed by atoms with van der Waals surface area (Å²) in [5.41, 5.74) is 1.32. The molecule has 0 bridgehead atoms. The number of fused-ring (bicyclic) bond motifs is 2. The van der Waals surface area contributed by atoms with E-state index in [-0.39, 0.29) is 29.8 Å². The zero-order chi connectivity index (χ0) is 24.9. The predicted molar refractivity (Wildman–Crippen MR) is 141 cm³/mol. The van der Waals surface area contributed by atoms with Gasteiger partial charge in [0.1, 0.15) is 11.8 Å². The molecule has 1 fully saturated rings. The van der Waals surface area contributed by atoms with Gasteiger partial charge in [-0.1, -0.05) is 67.1 Å². The summed E-state index contributed by atoms with van der Waals surface area (Å²) in [6.45, 7) is 1.66. The van der Waals surface area contributed by atoms with Crippen molar-refractivity contribution in [2.45, 2.75) is 29.7 Å². The Labute approximate surface area is 225 Å². The van der Waals surface area contributed by atoms with Gasteiger partial charge in [-0.3, -0.25) is 23.7 Å². The van der Waals surface area contributed by atoms with Crippen molar-refractivity contribution in [1.82, 2.24) is 4.57 Å². The van der Waals surface area contributed by atoms with E-state index in [0.717, 1.165) is 25.8 Å². The van der Waals surface area contributed by atoms with E-state index in [1.807, 2.05) is 24.3 Å². The van der Waals surface area contributed by atoms with Crippen molar-refractivity contribution < 1.29 is 19.1 Å². The number of carbonyl (C=O) groups excluding carboxylic acids is 3. The normalized spacial score (nSPS) is 21.1. The number of rotatable bonds is 5. The minimum atomic E-state index is -0.731. The predicted octanol–water partition coefficient (Wildman–Crippen LogP) is 4.79. The molecule has 1 aromatic heterocycles. The molecule has 0 spiro atoms. The Morgan fingerprint density at radius 3 is 2.46 bits per heavy atom. The van der Waals surface area contributed by atoms with E-state index >= 15 is 0 Å². The van der Waals surface area contributed by atoms with Gasteiger partial charge in [0.15, 0.2) is 0 Å². The van der Waals surface area contributed by atoms with Gasteiger partial charge in [0, 0.05) is 19.7 Å². The number of benzene rings is 2. The highest BCUT2D eigenvalue weighted by Gasteiger charge is 2.56. The summed E-state index contributed by atoms with van der Waals surface area (Å²) >= 11 is 9.08. The van der Waals surface area contributed by atoms with Crippen LogP contribution in [0.1, 0.15) is 23.3 Å². The van der Waals surface area contributed by atoms with E-state index in [2.05, 4.69) is 31.9 Å². The highest BCUT2D eigenvalue weighted by Crippen LogP contribution is 2.54. The first-order valence-corrected chi connectivity index (χ1v) is 14.0. The number of esters is 1. The van der Waals surface area contributed by atoms with Gasteiger partial charge in [0.05, 0.1) is 23.2 Å². The second kappa shape index (κ2) is 9.68. The van der Waals surface area contributed by atoms with Crippen molar-refractivity contribution in [1.29, 1.82) is 0 Å². The fourth-order valence-electron chi connectivity index (χ4n) is 4.49. The van der Waals surface area contributed by atoms with Crippen LogP contribution in [0.25, 0.3) is 0 Å². The van der Waals surface area contributed by atoms with Crippen molar-refractivity contribution >= 4 is 78.4 Å². The van der Waals surface area contributed by atoms with Crippen molar-refractivity contribution in [2.75, 3.05) is 11.5 Å². The van der Waals surface area contributed by atoms with Gasteiger partial charge in [-0.05, 0) is 48.9 Å². The standard InChI is InChI=1S/C24H18Br2N2O5S2/c1-2-33-16(29)11-27-23-20(35-24(27)32)17(12-4-3-5-14(26)10-12)18-19(34-23)22(31)28(21(18)30)15-8-6-13(25)7-9-15/h3-10,17-19H,2,11H2,1H3/t17-,18?,19?/m1/s1. The number of imide groups is 1. The van der Waals surface area contributed by atoms with Gasteiger partial charge in [-0.2, -0.15) is 0 Å². The molecule has 2 unspecified atom stereocenters. The van der Waals surface area contributed by atoms with Crippen LogP contribution < -0.4 is 9.77 Å². The molecule has 2 amide bonds. The maximum atomic E-state index is 13.8. The lowest BCUT2D eigenvalue weighted by molar-refractivity contribution is -0.144. The van der Waals surface area contributed by atoms with E-state index in [4.69, 9.17) is 4.74 Å². The Kier molecular flexibility index (Phi) is 6.77. The first-order valence-electron chi connectivity index (χ1n) is 10.7. The molecular formula is C24H18Br2N2O5S2. The number of nitrogens with zero attached hydrogens (tertiary/aromatic N) is 2. The molecule has 0 radical (unpaired) electrons. The fourth-order valence-corrected chi connectivity index (χ4v) is 7.95. The molecule has 3 heterocycles. The molecule has 0 aliphatic carbocycles. The lowest BCUT2D eigenvalue weighted by atomic mass is 9.83. The quantitative estimate of drug-likeness (QED) is 0.295. The second-order valence-corrected chi connectivity index (χ2v) is 12.0. The Balaban J connectivity index is 1.65. The number of hydrogen-bond donors (Lipinski definition) is 0. The maximum Gasteiger partial charge on any atom is 0.326 e. The number of hydrogen-bond acceptors (Lipinski definition) is 7. The maximum absolute atomic E-state index is 13.8. The van der Waals surface area contributed by atoms with E-state index in [0.29, 0.717) is 15.6 Å². The summed E-state index contributed by atoms with van der Waals surface area (Å²) in [7, 11) is 0. The number of thiazole rings is 1. The number of carbonyl (C=O) groups is 3. The number of ether oxygens (including phenoxy) is 1. The van der Waals surface area contributed by atoms with Crippen LogP contribution in [0.15, 0.2) is 67.3 Å². The lowest BCUT2D eigenvalue weighted by Crippen LogP contribution is -2.32. The van der Waals surface area contributed by atoms with Crippen molar-refractivity contribution in [3.05, 3.63) is 77.6 Å². The minimum Gasteiger partial charge on any atom is -0.465 e. The molecule has 2 aliphatic heterocycles. The molecule has 3 aromatic rings. The third-order valence-electron chi connectivity index (χ3n) is 5.93. The van der Waals surface area contributed by atoms with Gasteiger partial charge < -0.3 is 4.74 Å². The highest BCUT2D eigenvalue weighted by atomic mass is 79.9. The molecular weight excluding hydrogens is 620 g/mol. The smallest absolute Gasteiger partial charge is 0.326 e. The van der Waals surface area contributed by atoms with Gasteiger partial charge in [-0.25, -0.2) is 4.90 Å². The molecule has 180 valence electrons.